The largest absolute Gasteiger partial charge is 0.278 e. The number of carbonyl (C=O) groups excluding carboxylic acids is 1. The molecular weight excluding hydrogens is 496 g/mol. The highest BCUT2D eigenvalue weighted by molar-refractivity contribution is 8.00. The predicted molar refractivity (Wildman–Crippen MR) is 151 cm³/mol. The molecule has 37 heavy (non-hydrogen) atoms. The number of hydrogen-bond donors (Lipinski definition) is 0. The summed E-state index contributed by atoms with van der Waals surface area (Å²) in [5.41, 5.74) is 6.14. The fraction of sp³-hybridized carbons (Fsp3) is 0.100. The van der Waals surface area contributed by atoms with Crippen molar-refractivity contribution in [1.29, 1.82) is 0 Å². The Morgan fingerprint density at radius 3 is 1.95 bits per heavy atom. The summed E-state index contributed by atoms with van der Waals surface area (Å²) in [6, 6.07) is 32.6. The van der Waals surface area contributed by atoms with Gasteiger partial charge in [0, 0.05) is 21.0 Å². The quantitative estimate of drug-likeness (QED) is 0.225. The zero-order valence-electron chi connectivity index (χ0n) is 20.5. The van der Waals surface area contributed by atoms with Gasteiger partial charge in [0.25, 0.3) is 0 Å². The van der Waals surface area contributed by atoms with Gasteiger partial charge < -0.3 is 0 Å². The average Bonchev–Trinajstić information content (AvgIpc) is 3.35. The van der Waals surface area contributed by atoms with Crippen LogP contribution in [0.3, 0.4) is 0 Å². The smallest absolute Gasteiger partial charge is 0.242 e. The van der Waals surface area contributed by atoms with Crippen LogP contribution in [0.25, 0.3) is 17.1 Å². The van der Waals surface area contributed by atoms with E-state index in [1.54, 1.807) is 11.8 Å². The highest BCUT2D eigenvalue weighted by Crippen LogP contribution is 2.48. The fourth-order valence-electron chi connectivity index (χ4n) is 4.34. The van der Waals surface area contributed by atoms with Crippen molar-refractivity contribution >= 4 is 40.8 Å². The number of aryl methyl sites for hydroxylation is 2. The Bertz CT molecular complexity index is 1550. The molecule has 5 aromatic rings. The number of aromatic nitrogens is 3. The van der Waals surface area contributed by atoms with Crippen molar-refractivity contribution in [1.82, 2.24) is 14.8 Å². The summed E-state index contributed by atoms with van der Waals surface area (Å²) in [6.07, 6.45) is 0. The van der Waals surface area contributed by atoms with Crippen LogP contribution in [-0.2, 0) is 4.79 Å². The van der Waals surface area contributed by atoms with Crippen LogP contribution in [0.4, 0.5) is 11.4 Å². The SMILES string of the molecule is Cc1ccc(-c2nnc(SCC(=O)N3c4ccccc4Sc4ccccc43)n2-c2ccc(C)cc2)cc1. The number of nitrogens with zero attached hydrogens (tertiary/aromatic N) is 4. The fourth-order valence-corrected chi connectivity index (χ4v) is 6.20. The Hall–Kier alpha value is -3.81. The van der Waals surface area contributed by atoms with Crippen LogP contribution in [0, 0.1) is 13.8 Å². The van der Waals surface area contributed by atoms with Crippen molar-refractivity contribution in [2.45, 2.75) is 28.8 Å². The van der Waals surface area contributed by atoms with Gasteiger partial charge in [0.15, 0.2) is 11.0 Å². The molecule has 6 rings (SSSR count). The first-order valence-electron chi connectivity index (χ1n) is 12.0. The van der Waals surface area contributed by atoms with E-state index in [0.29, 0.717) is 5.16 Å². The van der Waals surface area contributed by atoms with Gasteiger partial charge in [-0.3, -0.25) is 14.3 Å². The summed E-state index contributed by atoms with van der Waals surface area (Å²) >= 11 is 3.10. The van der Waals surface area contributed by atoms with E-state index in [1.807, 2.05) is 45.9 Å². The van der Waals surface area contributed by atoms with Crippen molar-refractivity contribution in [3.8, 4) is 17.1 Å². The average molecular weight is 521 g/mol. The van der Waals surface area contributed by atoms with Gasteiger partial charge in [0.1, 0.15) is 0 Å². The third-order valence-corrected chi connectivity index (χ3v) is 8.29. The van der Waals surface area contributed by atoms with Crippen LogP contribution in [0.15, 0.2) is 112 Å². The summed E-state index contributed by atoms with van der Waals surface area (Å²) in [4.78, 5) is 17.7. The van der Waals surface area contributed by atoms with Crippen LogP contribution in [-0.4, -0.2) is 26.4 Å². The third kappa shape index (κ3) is 4.56. The monoisotopic (exact) mass is 520 g/mol. The summed E-state index contributed by atoms with van der Waals surface area (Å²) in [7, 11) is 0. The Balaban J connectivity index is 1.35. The lowest BCUT2D eigenvalue weighted by Crippen LogP contribution is -2.30. The summed E-state index contributed by atoms with van der Waals surface area (Å²) in [6.45, 7) is 4.13. The van der Waals surface area contributed by atoms with Crippen LogP contribution in [0.5, 0.6) is 0 Å². The molecule has 0 saturated heterocycles. The molecule has 0 spiro atoms. The van der Waals surface area contributed by atoms with Gasteiger partial charge in [-0.05, 0) is 50.2 Å². The number of anilines is 2. The van der Waals surface area contributed by atoms with Gasteiger partial charge in [-0.15, -0.1) is 10.2 Å². The molecule has 5 nitrogen and oxygen atoms in total. The first-order valence-corrected chi connectivity index (χ1v) is 13.8. The highest BCUT2D eigenvalue weighted by atomic mass is 32.2. The lowest BCUT2D eigenvalue weighted by atomic mass is 10.1. The van der Waals surface area contributed by atoms with E-state index in [1.165, 1.54) is 22.9 Å². The molecule has 0 N–H and O–H groups in total. The lowest BCUT2D eigenvalue weighted by Gasteiger charge is -2.30. The van der Waals surface area contributed by atoms with E-state index in [9.17, 15) is 4.79 Å². The zero-order chi connectivity index (χ0) is 25.4. The van der Waals surface area contributed by atoms with Gasteiger partial charge in [-0.2, -0.15) is 0 Å². The number of carbonyl (C=O) groups is 1. The minimum atomic E-state index is 0.000502. The number of benzene rings is 4. The molecular formula is C30H24N4OS2. The highest BCUT2D eigenvalue weighted by Gasteiger charge is 2.28. The molecule has 0 bridgehead atoms. The summed E-state index contributed by atoms with van der Waals surface area (Å²) in [5.74, 6) is 0.981. The van der Waals surface area contributed by atoms with E-state index in [0.717, 1.165) is 38.2 Å². The Morgan fingerprint density at radius 1 is 0.757 bits per heavy atom. The van der Waals surface area contributed by atoms with Crippen molar-refractivity contribution < 1.29 is 4.79 Å². The summed E-state index contributed by atoms with van der Waals surface area (Å²) < 4.78 is 2.04. The number of amides is 1. The van der Waals surface area contributed by atoms with Gasteiger partial charge in [0.2, 0.25) is 5.91 Å². The van der Waals surface area contributed by atoms with E-state index in [2.05, 4.69) is 84.7 Å². The summed E-state index contributed by atoms with van der Waals surface area (Å²) in [5, 5.41) is 9.74. The van der Waals surface area contributed by atoms with E-state index >= 15 is 0 Å². The van der Waals surface area contributed by atoms with Crippen molar-refractivity contribution in [3.63, 3.8) is 0 Å². The standard InChI is InChI=1S/C30H24N4OS2/c1-20-11-15-22(16-12-20)29-31-32-30(33(29)23-17-13-21(2)14-18-23)36-19-28(35)34-24-7-3-5-9-26(24)37-27-10-6-4-8-25(27)34/h3-18H,19H2,1-2H3. The van der Waals surface area contributed by atoms with Crippen molar-refractivity contribution in [2.24, 2.45) is 0 Å². The van der Waals surface area contributed by atoms with E-state index < -0.39 is 0 Å². The van der Waals surface area contributed by atoms with Gasteiger partial charge in [0.05, 0.1) is 17.1 Å². The first kappa shape index (κ1) is 23.6. The molecule has 0 atom stereocenters. The number of hydrogen-bond acceptors (Lipinski definition) is 5. The Kier molecular flexibility index (Phi) is 6.32. The van der Waals surface area contributed by atoms with Gasteiger partial charge >= 0.3 is 0 Å². The first-order chi connectivity index (χ1) is 18.1. The third-order valence-electron chi connectivity index (χ3n) is 6.24. The topological polar surface area (TPSA) is 51.0 Å². The van der Waals surface area contributed by atoms with Gasteiger partial charge in [-0.1, -0.05) is 95.3 Å². The molecule has 4 aromatic carbocycles. The van der Waals surface area contributed by atoms with Crippen molar-refractivity contribution in [2.75, 3.05) is 10.7 Å². The van der Waals surface area contributed by atoms with Crippen LogP contribution in [0.1, 0.15) is 11.1 Å². The number of rotatable bonds is 5. The van der Waals surface area contributed by atoms with Crippen LogP contribution >= 0.6 is 23.5 Å². The molecule has 2 heterocycles. The number of fused-ring (bicyclic) bond motifs is 2. The van der Waals surface area contributed by atoms with E-state index in [-0.39, 0.29) is 11.7 Å². The second-order valence-electron chi connectivity index (χ2n) is 8.90. The molecule has 0 unspecified atom stereocenters. The van der Waals surface area contributed by atoms with Crippen molar-refractivity contribution in [3.05, 3.63) is 108 Å². The Labute approximate surface area is 224 Å². The second-order valence-corrected chi connectivity index (χ2v) is 10.9. The molecule has 182 valence electrons. The zero-order valence-corrected chi connectivity index (χ0v) is 22.1. The van der Waals surface area contributed by atoms with Crippen LogP contribution < -0.4 is 4.90 Å². The normalized spacial score (nSPS) is 12.2. The minimum absolute atomic E-state index is 0.000502. The van der Waals surface area contributed by atoms with Crippen LogP contribution in [0.2, 0.25) is 0 Å². The molecule has 7 heteroatoms. The second kappa shape index (κ2) is 9.92. The molecule has 0 saturated carbocycles. The maximum Gasteiger partial charge on any atom is 0.242 e. The number of para-hydroxylation sites is 2. The molecule has 0 aliphatic carbocycles. The maximum atomic E-state index is 13.7. The molecule has 1 amide bonds. The minimum Gasteiger partial charge on any atom is -0.278 e. The predicted octanol–water partition coefficient (Wildman–Crippen LogP) is 7.47. The van der Waals surface area contributed by atoms with E-state index in [4.69, 9.17) is 0 Å². The maximum absolute atomic E-state index is 13.7. The molecule has 1 aliphatic heterocycles. The Morgan fingerprint density at radius 2 is 1.32 bits per heavy atom. The molecule has 1 aromatic heterocycles. The lowest BCUT2D eigenvalue weighted by molar-refractivity contribution is -0.115. The molecule has 0 radical (unpaired) electrons. The molecule has 1 aliphatic rings. The number of thioether (sulfide) groups is 1. The van der Waals surface area contributed by atoms with Gasteiger partial charge in [-0.25, -0.2) is 0 Å². The molecule has 0 fully saturated rings.